The number of benzene rings is 10. The minimum atomic E-state index is 0.628. The fraction of sp³-hybridized carbons (Fsp3) is 0. The summed E-state index contributed by atoms with van der Waals surface area (Å²) in [5.41, 5.74) is 10.8. The summed E-state index contributed by atoms with van der Waals surface area (Å²) in [6, 6.07) is 77.8. The number of hydrogen-bond acceptors (Lipinski definition) is 3. The predicted molar refractivity (Wildman–Crippen MR) is 254 cm³/mol. The second-order valence-electron chi connectivity index (χ2n) is 15.6. The molecule has 0 radical (unpaired) electrons. The van der Waals surface area contributed by atoms with Gasteiger partial charge in [-0.15, -0.1) is 0 Å². The van der Waals surface area contributed by atoms with Crippen LogP contribution >= 0.6 is 0 Å². The highest BCUT2D eigenvalue weighted by Crippen LogP contribution is 2.39. The van der Waals surface area contributed by atoms with Crippen LogP contribution in [0.5, 0.6) is 0 Å². The zero-order valence-corrected chi connectivity index (χ0v) is 33.1. The Morgan fingerprint density at radius 3 is 1.26 bits per heavy atom. The third kappa shape index (κ3) is 5.96. The molecule has 0 N–H and O–H groups in total. The van der Waals surface area contributed by atoms with Gasteiger partial charge >= 0.3 is 0 Å². The van der Waals surface area contributed by atoms with Crippen molar-refractivity contribution in [3.63, 3.8) is 0 Å². The molecule has 2 heterocycles. The van der Waals surface area contributed by atoms with E-state index in [0.29, 0.717) is 17.5 Å². The second kappa shape index (κ2) is 14.3. The van der Waals surface area contributed by atoms with Gasteiger partial charge in [-0.25, -0.2) is 15.0 Å². The second-order valence-corrected chi connectivity index (χ2v) is 15.6. The molecule has 0 bridgehead atoms. The molecule has 0 spiro atoms. The smallest absolute Gasteiger partial charge is 0.164 e. The molecule has 12 aromatic rings. The highest BCUT2D eigenvalue weighted by atomic mass is 15.0. The van der Waals surface area contributed by atoms with E-state index in [2.05, 4.69) is 162 Å². The third-order valence-corrected chi connectivity index (χ3v) is 12.0. The number of hydrogen-bond donors (Lipinski definition) is 0. The largest absolute Gasteiger partial charge is 0.309 e. The van der Waals surface area contributed by atoms with Gasteiger partial charge in [0.25, 0.3) is 0 Å². The van der Waals surface area contributed by atoms with E-state index < -0.39 is 0 Å². The molecule has 61 heavy (non-hydrogen) atoms. The Kier molecular flexibility index (Phi) is 8.13. The molecule has 2 aromatic heterocycles. The van der Waals surface area contributed by atoms with Crippen molar-refractivity contribution in [1.82, 2.24) is 19.5 Å². The van der Waals surface area contributed by atoms with Gasteiger partial charge in [-0.05, 0) is 91.0 Å². The molecule has 0 aliphatic heterocycles. The van der Waals surface area contributed by atoms with Crippen molar-refractivity contribution in [3.05, 3.63) is 218 Å². The summed E-state index contributed by atoms with van der Waals surface area (Å²) in [4.78, 5) is 15.0. The zero-order valence-electron chi connectivity index (χ0n) is 33.1. The first kappa shape index (κ1) is 34.8. The maximum absolute atomic E-state index is 5.05. The zero-order chi connectivity index (χ0) is 40.3. The minimum Gasteiger partial charge on any atom is -0.309 e. The standard InChI is InChI=1S/C57H36N4/c1-3-15-37(16-4-1)55-58-56(38-17-5-2-6-18-38)60-57(59-55)43-21-14-22-44(34-43)61-53-28-12-11-27-50(53)51-32-30-42(36-54(51)61)40-20-13-19-39(33-40)41-29-31-49-47-25-8-7-23-45(47)46-24-9-10-26-48(46)52(49)35-41/h1-36H. The lowest BCUT2D eigenvalue weighted by Crippen LogP contribution is -2.01. The third-order valence-electron chi connectivity index (χ3n) is 12.0. The molecule has 0 atom stereocenters. The van der Waals surface area contributed by atoms with Gasteiger partial charge < -0.3 is 4.57 Å². The van der Waals surface area contributed by atoms with Gasteiger partial charge in [0.15, 0.2) is 17.5 Å². The van der Waals surface area contributed by atoms with Crippen LogP contribution in [0.2, 0.25) is 0 Å². The van der Waals surface area contributed by atoms with E-state index >= 15 is 0 Å². The Balaban J connectivity index is 0.982. The molecular formula is C57H36N4. The first-order valence-electron chi connectivity index (χ1n) is 20.7. The van der Waals surface area contributed by atoms with E-state index in [9.17, 15) is 0 Å². The highest BCUT2D eigenvalue weighted by Gasteiger charge is 2.17. The molecule has 0 aliphatic carbocycles. The Labute approximate surface area is 352 Å². The van der Waals surface area contributed by atoms with Crippen LogP contribution in [0.15, 0.2) is 218 Å². The average Bonchev–Trinajstić information content (AvgIpc) is 3.68. The van der Waals surface area contributed by atoms with E-state index in [1.165, 1.54) is 59.8 Å². The summed E-state index contributed by atoms with van der Waals surface area (Å²) in [5, 5.41) is 10.1. The summed E-state index contributed by atoms with van der Waals surface area (Å²) in [6.45, 7) is 0. The van der Waals surface area contributed by atoms with Gasteiger partial charge in [0.1, 0.15) is 0 Å². The lowest BCUT2D eigenvalue weighted by Gasteiger charge is -2.13. The van der Waals surface area contributed by atoms with Crippen molar-refractivity contribution in [1.29, 1.82) is 0 Å². The van der Waals surface area contributed by atoms with Gasteiger partial charge in [0, 0.05) is 33.2 Å². The summed E-state index contributed by atoms with van der Waals surface area (Å²) >= 11 is 0. The molecule has 0 fully saturated rings. The van der Waals surface area contributed by atoms with Gasteiger partial charge in [-0.1, -0.05) is 182 Å². The molecule has 12 rings (SSSR count). The molecule has 284 valence electrons. The topological polar surface area (TPSA) is 43.6 Å². The Bertz CT molecular complexity index is 3550. The molecule has 4 heteroatoms. The monoisotopic (exact) mass is 776 g/mol. The van der Waals surface area contributed by atoms with Crippen LogP contribution in [0, 0.1) is 0 Å². The highest BCUT2D eigenvalue weighted by molar-refractivity contribution is 6.25. The molecule has 0 saturated carbocycles. The van der Waals surface area contributed by atoms with Crippen LogP contribution in [-0.2, 0) is 0 Å². The summed E-state index contributed by atoms with van der Waals surface area (Å²) in [7, 11) is 0. The Morgan fingerprint density at radius 2 is 0.639 bits per heavy atom. The van der Waals surface area contributed by atoms with Crippen molar-refractivity contribution in [2.24, 2.45) is 0 Å². The fourth-order valence-corrected chi connectivity index (χ4v) is 9.12. The fourth-order valence-electron chi connectivity index (χ4n) is 9.12. The number of aromatic nitrogens is 4. The van der Waals surface area contributed by atoms with Crippen molar-refractivity contribution in [2.75, 3.05) is 0 Å². The van der Waals surface area contributed by atoms with E-state index in [0.717, 1.165) is 39.0 Å². The Hall–Kier alpha value is -8.21. The van der Waals surface area contributed by atoms with Crippen molar-refractivity contribution < 1.29 is 0 Å². The van der Waals surface area contributed by atoms with Crippen molar-refractivity contribution >= 4 is 54.1 Å². The SMILES string of the molecule is c1ccc(-c2nc(-c3ccccc3)nc(-c3cccc(-n4c5ccccc5c5ccc(-c6cccc(-c7ccc8c9ccccc9c9ccccc9c8c7)c6)cc54)c3)n2)cc1. The van der Waals surface area contributed by atoms with Crippen LogP contribution < -0.4 is 0 Å². The van der Waals surface area contributed by atoms with E-state index in [1.807, 2.05) is 60.7 Å². The van der Waals surface area contributed by atoms with Crippen LogP contribution in [0.1, 0.15) is 0 Å². The number of rotatable bonds is 6. The lowest BCUT2D eigenvalue weighted by atomic mass is 9.91. The summed E-state index contributed by atoms with van der Waals surface area (Å²) < 4.78 is 2.37. The van der Waals surface area contributed by atoms with Gasteiger partial charge in [0.05, 0.1) is 11.0 Å². The molecule has 0 unspecified atom stereocenters. The molecule has 0 saturated heterocycles. The van der Waals surface area contributed by atoms with Crippen LogP contribution in [0.25, 0.3) is 116 Å². The number of fused-ring (bicyclic) bond motifs is 9. The first-order chi connectivity index (χ1) is 30.2. The van der Waals surface area contributed by atoms with Gasteiger partial charge in [-0.3, -0.25) is 0 Å². The lowest BCUT2D eigenvalue weighted by molar-refractivity contribution is 1.07. The molecule has 0 aliphatic rings. The molecular weight excluding hydrogens is 741 g/mol. The molecule has 10 aromatic carbocycles. The minimum absolute atomic E-state index is 0.628. The quantitative estimate of drug-likeness (QED) is 0.158. The van der Waals surface area contributed by atoms with Gasteiger partial charge in [0.2, 0.25) is 0 Å². The van der Waals surface area contributed by atoms with E-state index in [-0.39, 0.29) is 0 Å². The molecule has 0 amide bonds. The predicted octanol–water partition coefficient (Wildman–Crippen LogP) is 14.8. The van der Waals surface area contributed by atoms with E-state index in [4.69, 9.17) is 15.0 Å². The van der Waals surface area contributed by atoms with Crippen LogP contribution in [0.4, 0.5) is 0 Å². The Morgan fingerprint density at radius 1 is 0.230 bits per heavy atom. The summed E-state index contributed by atoms with van der Waals surface area (Å²) in [6.07, 6.45) is 0. The normalized spacial score (nSPS) is 11.6. The van der Waals surface area contributed by atoms with Crippen molar-refractivity contribution in [2.45, 2.75) is 0 Å². The maximum Gasteiger partial charge on any atom is 0.164 e. The number of nitrogens with zero attached hydrogens (tertiary/aromatic N) is 4. The molecule has 4 nitrogen and oxygen atoms in total. The van der Waals surface area contributed by atoms with Gasteiger partial charge in [-0.2, -0.15) is 0 Å². The van der Waals surface area contributed by atoms with Crippen molar-refractivity contribution in [3.8, 4) is 62.1 Å². The van der Waals surface area contributed by atoms with E-state index in [1.54, 1.807) is 0 Å². The van der Waals surface area contributed by atoms with Crippen LogP contribution in [0.3, 0.4) is 0 Å². The number of para-hydroxylation sites is 1. The average molecular weight is 777 g/mol. The summed E-state index contributed by atoms with van der Waals surface area (Å²) in [5.74, 6) is 1.91. The van der Waals surface area contributed by atoms with Crippen LogP contribution in [-0.4, -0.2) is 19.5 Å². The first-order valence-corrected chi connectivity index (χ1v) is 20.7. The maximum atomic E-state index is 5.05.